The Morgan fingerprint density at radius 1 is 1.40 bits per heavy atom. The Kier molecular flexibility index (Phi) is 5.59. The summed E-state index contributed by atoms with van der Waals surface area (Å²) in [5, 5.41) is 0. The van der Waals surface area contributed by atoms with Gasteiger partial charge in [0.25, 0.3) is 15.0 Å². The van der Waals surface area contributed by atoms with Gasteiger partial charge in [-0.1, -0.05) is 26.3 Å². The van der Waals surface area contributed by atoms with Crippen LogP contribution in [0, 0.1) is 12.8 Å². The zero-order valence-electron chi connectivity index (χ0n) is 12.2. The van der Waals surface area contributed by atoms with Crippen LogP contribution in [0.4, 0.5) is 0 Å². The number of hydrogen-bond donors (Lipinski definition) is 0. The largest absolute Gasteiger partial charge is 0.341 e. The molecular formula is C14H20ClNO3S. The van der Waals surface area contributed by atoms with Crippen molar-refractivity contribution in [2.45, 2.75) is 32.1 Å². The van der Waals surface area contributed by atoms with Gasteiger partial charge in [0.05, 0.1) is 4.90 Å². The number of hydrogen-bond acceptors (Lipinski definition) is 3. The van der Waals surface area contributed by atoms with Crippen LogP contribution in [0.15, 0.2) is 23.1 Å². The van der Waals surface area contributed by atoms with Crippen LogP contribution in [0.3, 0.4) is 0 Å². The molecule has 4 nitrogen and oxygen atoms in total. The van der Waals surface area contributed by atoms with E-state index in [0.717, 1.165) is 6.42 Å². The first-order valence-corrected chi connectivity index (χ1v) is 8.78. The van der Waals surface area contributed by atoms with Crippen LogP contribution in [-0.4, -0.2) is 32.8 Å². The second-order valence-electron chi connectivity index (χ2n) is 5.12. The quantitative estimate of drug-likeness (QED) is 0.784. The molecule has 1 amide bonds. The van der Waals surface area contributed by atoms with Crippen LogP contribution < -0.4 is 0 Å². The molecule has 0 aromatic heterocycles. The Bertz CT molecular complexity index is 598. The molecule has 0 N–H and O–H groups in total. The van der Waals surface area contributed by atoms with E-state index >= 15 is 0 Å². The summed E-state index contributed by atoms with van der Waals surface area (Å²) in [5.41, 5.74) is 0.863. The molecule has 0 aliphatic heterocycles. The fraction of sp³-hybridized carbons (Fsp3) is 0.500. The van der Waals surface area contributed by atoms with Crippen molar-refractivity contribution >= 4 is 25.6 Å². The van der Waals surface area contributed by atoms with E-state index in [2.05, 4.69) is 13.8 Å². The summed E-state index contributed by atoms with van der Waals surface area (Å²) >= 11 is 0. The van der Waals surface area contributed by atoms with Crippen molar-refractivity contribution < 1.29 is 13.2 Å². The van der Waals surface area contributed by atoms with E-state index in [-0.39, 0.29) is 10.8 Å². The number of aryl methyl sites for hydroxylation is 1. The molecule has 0 aliphatic rings. The second kappa shape index (κ2) is 6.59. The standard InChI is InChI=1S/C14H20ClNO3S/c1-5-10(2)9-16(4)14(17)12-7-6-11(3)13(8-12)20(15,18)19/h6-8,10H,5,9H2,1-4H3. The number of rotatable bonds is 5. The molecule has 20 heavy (non-hydrogen) atoms. The summed E-state index contributed by atoms with van der Waals surface area (Å²) in [5.74, 6) is 0.192. The van der Waals surface area contributed by atoms with Gasteiger partial charge in [-0.05, 0) is 30.5 Å². The number of halogens is 1. The molecule has 0 radical (unpaired) electrons. The van der Waals surface area contributed by atoms with Crippen molar-refractivity contribution in [3.8, 4) is 0 Å². The Morgan fingerprint density at radius 3 is 2.50 bits per heavy atom. The summed E-state index contributed by atoms with van der Waals surface area (Å²) in [6, 6.07) is 4.56. The Hall–Kier alpha value is -1.07. The van der Waals surface area contributed by atoms with Crippen molar-refractivity contribution in [3.05, 3.63) is 29.3 Å². The topological polar surface area (TPSA) is 54.5 Å². The monoisotopic (exact) mass is 317 g/mol. The van der Waals surface area contributed by atoms with Crippen LogP contribution in [0.5, 0.6) is 0 Å². The second-order valence-corrected chi connectivity index (χ2v) is 7.65. The fourth-order valence-electron chi connectivity index (χ4n) is 1.90. The molecule has 0 aliphatic carbocycles. The van der Waals surface area contributed by atoms with Crippen molar-refractivity contribution in [1.29, 1.82) is 0 Å². The van der Waals surface area contributed by atoms with E-state index in [4.69, 9.17) is 10.7 Å². The predicted molar refractivity (Wildman–Crippen MR) is 80.6 cm³/mol. The lowest BCUT2D eigenvalue weighted by atomic mass is 10.1. The highest BCUT2D eigenvalue weighted by molar-refractivity contribution is 8.13. The maximum atomic E-state index is 12.3. The minimum absolute atomic E-state index is 0.0121. The molecule has 1 rings (SSSR count). The van der Waals surface area contributed by atoms with Gasteiger partial charge in [-0.3, -0.25) is 4.79 Å². The van der Waals surface area contributed by atoms with Crippen molar-refractivity contribution in [2.24, 2.45) is 5.92 Å². The van der Waals surface area contributed by atoms with Gasteiger partial charge >= 0.3 is 0 Å². The van der Waals surface area contributed by atoms with Gasteiger partial charge in [0.15, 0.2) is 0 Å². The number of benzene rings is 1. The molecule has 112 valence electrons. The normalized spacial score (nSPS) is 13.1. The van der Waals surface area contributed by atoms with Crippen LogP contribution >= 0.6 is 10.7 Å². The zero-order chi connectivity index (χ0) is 15.5. The molecule has 1 atom stereocenters. The van der Waals surface area contributed by atoms with E-state index < -0.39 is 9.05 Å². The summed E-state index contributed by atoms with van der Waals surface area (Å²) in [6.45, 7) is 6.40. The van der Waals surface area contributed by atoms with Crippen LogP contribution in [0.2, 0.25) is 0 Å². The van der Waals surface area contributed by atoms with Crippen molar-refractivity contribution in [1.82, 2.24) is 4.90 Å². The summed E-state index contributed by atoms with van der Waals surface area (Å²) in [4.78, 5) is 13.9. The SMILES string of the molecule is CCC(C)CN(C)C(=O)c1ccc(C)c(S(=O)(=O)Cl)c1. The van der Waals surface area contributed by atoms with E-state index in [9.17, 15) is 13.2 Å². The molecule has 0 spiro atoms. The highest BCUT2D eigenvalue weighted by atomic mass is 35.7. The summed E-state index contributed by atoms with van der Waals surface area (Å²) in [6.07, 6.45) is 0.979. The van der Waals surface area contributed by atoms with Gasteiger partial charge in [-0.25, -0.2) is 8.42 Å². The lowest BCUT2D eigenvalue weighted by Gasteiger charge is -2.21. The van der Waals surface area contributed by atoms with Gasteiger partial charge < -0.3 is 4.90 Å². The molecule has 0 saturated heterocycles. The molecule has 0 saturated carbocycles. The van der Waals surface area contributed by atoms with Gasteiger partial charge in [0.1, 0.15) is 0 Å². The third kappa shape index (κ3) is 4.21. The Balaban J connectivity index is 3.06. The Labute approximate surface area is 125 Å². The van der Waals surface area contributed by atoms with E-state index in [1.54, 1.807) is 31.0 Å². The van der Waals surface area contributed by atoms with E-state index in [1.165, 1.54) is 6.07 Å². The van der Waals surface area contributed by atoms with Crippen molar-refractivity contribution in [3.63, 3.8) is 0 Å². The highest BCUT2D eigenvalue weighted by Crippen LogP contribution is 2.21. The molecular weight excluding hydrogens is 298 g/mol. The first kappa shape index (κ1) is 17.0. The van der Waals surface area contributed by atoms with Gasteiger partial charge in [0.2, 0.25) is 0 Å². The van der Waals surface area contributed by atoms with Crippen LogP contribution in [0.1, 0.15) is 36.2 Å². The predicted octanol–water partition coefficient (Wildman–Crippen LogP) is 3.04. The zero-order valence-corrected chi connectivity index (χ0v) is 13.8. The maximum Gasteiger partial charge on any atom is 0.261 e. The van der Waals surface area contributed by atoms with Gasteiger partial charge in [-0.2, -0.15) is 0 Å². The summed E-state index contributed by atoms with van der Waals surface area (Å²) in [7, 11) is 3.24. The fourth-order valence-corrected chi connectivity index (χ4v) is 3.11. The number of amides is 1. The molecule has 0 fully saturated rings. The lowest BCUT2D eigenvalue weighted by Crippen LogP contribution is -2.31. The highest BCUT2D eigenvalue weighted by Gasteiger charge is 2.19. The molecule has 6 heteroatoms. The van der Waals surface area contributed by atoms with Crippen LogP contribution in [-0.2, 0) is 9.05 Å². The minimum Gasteiger partial charge on any atom is -0.341 e. The molecule has 1 unspecified atom stereocenters. The number of carbonyl (C=O) groups excluding carboxylic acids is 1. The molecule has 1 aromatic carbocycles. The summed E-state index contributed by atoms with van der Waals surface area (Å²) < 4.78 is 22.9. The smallest absolute Gasteiger partial charge is 0.261 e. The van der Waals surface area contributed by atoms with E-state index in [0.29, 0.717) is 23.6 Å². The third-order valence-electron chi connectivity index (χ3n) is 3.33. The average Bonchev–Trinajstić information content (AvgIpc) is 2.36. The number of nitrogens with zero attached hydrogens (tertiary/aromatic N) is 1. The maximum absolute atomic E-state index is 12.3. The Morgan fingerprint density at radius 2 is 2.00 bits per heavy atom. The van der Waals surface area contributed by atoms with Gasteiger partial charge in [0, 0.05) is 29.8 Å². The average molecular weight is 318 g/mol. The lowest BCUT2D eigenvalue weighted by molar-refractivity contribution is 0.0774. The van der Waals surface area contributed by atoms with Crippen LogP contribution in [0.25, 0.3) is 0 Å². The van der Waals surface area contributed by atoms with Crippen molar-refractivity contribution in [2.75, 3.05) is 13.6 Å². The number of carbonyl (C=O) groups is 1. The van der Waals surface area contributed by atoms with E-state index in [1.807, 2.05) is 0 Å². The molecule has 1 aromatic rings. The first-order valence-electron chi connectivity index (χ1n) is 6.47. The first-order chi connectivity index (χ1) is 9.16. The molecule has 0 heterocycles. The van der Waals surface area contributed by atoms with Gasteiger partial charge in [-0.15, -0.1) is 0 Å². The molecule has 0 bridgehead atoms. The third-order valence-corrected chi connectivity index (χ3v) is 4.79. The minimum atomic E-state index is -3.84.